The maximum absolute atomic E-state index is 12.1. The van der Waals surface area contributed by atoms with Gasteiger partial charge in [-0.25, -0.2) is 0 Å². The van der Waals surface area contributed by atoms with Crippen molar-refractivity contribution in [1.29, 1.82) is 0 Å². The van der Waals surface area contributed by atoms with E-state index >= 15 is 0 Å². The van der Waals surface area contributed by atoms with Crippen molar-refractivity contribution in [3.8, 4) is 0 Å². The number of anilines is 1. The van der Waals surface area contributed by atoms with Gasteiger partial charge in [0.15, 0.2) is 5.82 Å². The molecule has 0 aliphatic heterocycles. The average molecular weight is 267 g/mol. The maximum atomic E-state index is 12.1. The molecule has 0 bridgehead atoms. The summed E-state index contributed by atoms with van der Waals surface area (Å²) in [7, 11) is 0. The van der Waals surface area contributed by atoms with E-state index in [1.54, 1.807) is 16.8 Å². The van der Waals surface area contributed by atoms with Gasteiger partial charge in [-0.3, -0.25) is 9.89 Å². The van der Waals surface area contributed by atoms with Gasteiger partial charge in [0, 0.05) is 24.5 Å². The molecule has 0 spiro atoms. The highest BCUT2D eigenvalue weighted by Crippen LogP contribution is 2.16. The Labute approximate surface area is 110 Å². The van der Waals surface area contributed by atoms with Gasteiger partial charge in [-0.05, 0) is 19.4 Å². The summed E-state index contributed by atoms with van der Waals surface area (Å²) < 4.78 is 1.80. The molecule has 0 saturated heterocycles. The predicted octanol–water partition coefficient (Wildman–Crippen LogP) is 2.70. The second-order valence-corrected chi connectivity index (χ2v) is 4.35. The van der Waals surface area contributed by atoms with E-state index in [1.807, 2.05) is 19.9 Å². The Bertz CT molecular complexity index is 558. The van der Waals surface area contributed by atoms with Crippen LogP contribution in [0.2, 0.25) is 5.02 Å². The standard InChI is InChI=1S/C12H15ClN4O/c1-3-9-6-11(16-15-9)14-12(18)10-5-8(13)7-17(10)4-2/h5-7H,3-4H2,1-2H3,(H2,14,15,16,18). The van der Waals surface area contributed by atoms with Crippen molar-refractivity contribution < 1.29 is 4.79 Å². The zero-order valence-corrected chi connectivity index (χ0v) is 11.1. The summed E-state index contributed by atoms with van der Waals surface area (Å²) in [6.07, 6.45) is 2.58. The van der Waals surface area contributed by atoms with Crippen molar-refractivity contribution in [2.24, 2.45) is 0 Å². The molecule has 0 saturated carbocycles. The number of H-pyrrole nitrogens is 1. The number of nitrogens with zero attached hydrogens (tertiary/aromatic N) is 2. The molecule has 0 atom stereocenters. The van der Waals surface area contributed by atoms with Crippen molar-refractivity contribution >= 4 is 23.3 Å². The summed E-state index contributed by atoms with van der Waals surface area (Å²) in [4.78, 5) is 12.1. The van der Waals surface area contributed by atoms with E-state index in [2.05, 4.69) is 15.5 Å². The molecule has 2 aromatic rings. The molecule has 0 aromatic carbocycles. The van der Waals surface area contributed by atoms with Crippen LogP contribution in [0.15, 0.2) is 18.3 Å². The number of aromatic amines is 1. The third kappa shape index (κ3) is 2.56. The molecule has 2 N–H and O–H groups in total. The molecule has 0 aliphatic rings. The minimum atomic E-state index is -0.210. The SMILES string of the molecule is CCc1cc(NC(=O)c2cc(Cl)cn2CC)n[nH]1. The normalized spacial score (nSPS) is 10.6. The number of carbonyl (C=O) groups is 1. The molecule has 0 radical (unpaired) electrons. The van der Waals surface area contributed by atoms with E-state index in [0.717, 1.165) is 12.1 Å². The minimum Gasteiger partial charge on any atom is -0.342 e. The number of amides is 1. The molecule has 2 heterocycles. The summed E-state index contributed by atoms with van der Waals surface area (Å²) in [6.45, 7) is 4.66. The molecule has 2 aromatic heterocycles. The maximum Gasteiger partial charge on any atom is 0.273 e. The number of carbonyl (C=O) groups excluding carboxylic acids is 1. The zero-order valence-electron chi connectivity index (χ0n) is 10.3. The van der Waals surface area contributed by atoms with E-state index in [-0.39, 0.29) is 5.91 Å². The summed E-state index contributed by atoms with van der Waals surface area (Å²) >= 11 is 5.90. The first kappa shape index (κ1) is 12.7. The summed E-state index contributed by atoms with van der Waals surface area (Å²) in [5.74, 6) is 0.315. The van der Waals surface area contributed by atoms with Gasteiger partial charge in [-0.2, -0.15) is 5.10 Å². The van der Waals surface area contributed by atoms with Crippen molar-refractivity contribution in [2.75, 3.05) is 5.32 Å². The van der Waals surface area contributed by atoms with Crippen molar-refractivity contribution in [3.63, 3.8) is 0 Å². The highest BCUT2D eigenvalue weighted by atomic mass is 35.5. The average Bonchev–Trinajstić information content (AvgIpc) is 2.95. The fourth-order valence-electron chi connectivity index (χ4n) is 1.71. The summed E-state index contributed by atoms with van der Waals surface area (Å²) in [5.41, 5.74) is 1.51. The second-order valence-electron chi connectivity index (χ2n) is 3.92. The number of halogens is 1. The quantitative estimate of drug-likeness (QED) is 0.894. The van der Waals surface area contributed by atoms with E-state index < -0.39 is 0 Å². The molecule has 5 nitrogen and oxygen atoms in total. The van der Waals surface area contributed by atoms with Gasteiger partial charge in [0.25, 0.3) is 5.91 Å². The van der Waals surface area contributed by atoms with Gasteiger partial charge in [0.1, 0.15) is 5.69 Å². The molecule has 18 heavy (non-hydrogen) atoms. The molecule has 96 valence electrons. The van der Waals surface area contributed by atoms with Crippen LogP contribution >= 0.6 is 11.6 Å². The number of aryl methyl sites for hydroxylation is 2. The Hall–Kier alpha value is -1.75. The fourth-order valence-corrected chi connectivity index (χ4v) is 1.94. The van der Waals surface area contributed by atoms with Crippen LogP contribution in [0.4, 0.5) is 5.82 Å². The Balaban J connectivity index is 2.16. The topological polar surface area (TPSA) is 62.7 Å². The minimum absolute atomic E-state index is 0.210. The first-order valence-corrected chi connectivity index (χ1v) is 6.23. The van der Waals surface area contributed by atoms with E-state index in [0.29, 0.717) is 23.1 Å². The van der Waals surface area contributed by atoms with Gasteiger partial charge in [0.2, 0.25) is 0 Å². The van der Waals surface area contributed by atoms with Gasteiger partial charge < -0.3 is 9.88 Å². The van der Waals surface area contributed by atoms with Gasteiger partial charge in [-0.15, -0.1) is 0 Å². The lowest BCUT2D eigenvalue weighted by atomic mass is 10.3. The number of hydrogen-bond donors (Lipinski definition) is 2. The molecule has 0 aliphatic carbocycles. The van der Waals surface area contributed by atoms with Crippen LogP contribution < -0.4 is 5.32 Å². The molecule has 6 heteroatoms. The molecular weight excluding hydrogens is 252 g/mol. The van der Waals surface area contributed by atoms with Gasteiger partial charge >= 0.3 is 0 Å². The van der Waals surface area contributed by atoms with Crippen LogP contribution in [0.5, 0.6) is 0 Å². The number of nitrogens with one attached hydrogen (secondary N) is 2. The Kier molecular flexibility index (Phi) is 3.72. The van der Waals surface area contributed by atoms with E-state index in [9.17, 15) is 4.79 Å². The number of rotatable bonds is 4. The van der Waals surface area contributed by atoms with Crippen LogP contribution in [-0.4, -0.2) is 20.7 Å². The molecule has 0 unspecified atom stereocenters. The lowest BCUT2D eigenvalue weighted by molar-refractivity contribution is 0.101. The van der Waals surface area contributed by atoms with Crippen LogP contribution in [0.1, 0.15) is 30.0 Å². The van der Waals surface area contributed by atoms with Crippen LogP contribution in [-0.2, 0) is 13.0 Å². The van der Waals surface area contributed by atoms with E-state index in [1.165, 1.54) is 0 Å². The largest absolute Gasteiger partial charge is 0.342 e. The Morgan fingerprint density at radius 2 is 2.28 bits per heavy atom. The van der Waals surface area contributed by atoms with Crippen molar-refractivity contribution in [2.45, 2.75) is 26.8 Å². The van der Waals surface area contributed by atoms with Crippen LogP contribution in [0.3, 0.4) is 0 Å². The van der Waals surface area contributed by atoms with Gasteiger partial charge in [0.05, 0.1) is 5.02 Å². The highest BCUT2D eigenvalue weighted by Gasteiger charge is 2.13. The lowest BCUT2D eigenvalue weighted by Crippen LogP contribution is -2.16. The van der Waals surface area contributed by atoms with Gasteiger partial charge in [-0.1, -0.05) is 18.5 Å². The van der Waals surface area contributed by atoms with Crippen LogP contribution in [0, 0.1) is 0 Å². The van der Waals surface area contributed by atoms with Crippen LogP contribution in [0.25, 0.3) is 0 Å². The predicted molar refractivity (Wildman–Crippen MR) is 71.0 cm³/mol. The van der Waals surface area contributed by atoms with Crippen molar-refractivity contribution in [3.05, 3.63) is 34.7 Å². The molecule has 2 rings (SSSR count). The molecule has 0 fully saturated rings. The van der Waals surface area contributed by atoms with Crippen molar-refractivity contribution in [1.82, 2.24) is 14.8 Å². The first-order valence-electron chi connectivity index (χ1n) is 5.85. The monoisotopic (exact) mass is 266 g/mol. The number of aromatic nitrogens is 3. The lowest BCUT2D eigenvalue weighted by Gasteiger charge is -2.05. The third-order valence-electron chi connectivity index (χ3n) is 2.69. The smallest absolute Gasteiger partial charge is 0.273 e. The summed E-state index contributed by atoms with van der Waals surface area (Å²) in [5, 5.41) is 10.2. The first-order chi connectivity index (χ1) is 8.63. The molecule has 1 amide bonds. The molecular formula is C12H15ClN4O. The van der Waals surface area contributed by atoms with E-state index in [4.69, 9.17) is 11.6 Å². The second kappa shape index (κ2) is 5.27. The Morgan fingerprint density at radius 1 is 1.50 bits per heavy atom. The fraction of sp³-hybridized carbons (Fsp3) is 0.333. The third-order valence-corrected chi connectivity index (χ3v) is 2.90. The zero-order chi connectivity index (χ0) is 13.1. The number of hydrogen-bond acceptors (Lipinski definition) is 2. The Morgan fingerprint density at radius 3 is 2.89 bits per heavy atom. The summed E-state index contributed by atoms with van der Waals surface area (Å²) in [6, 6.07) is 3.46. The highest BCUT2D eigenvalue weighted by molar-refractivity contribution is 6.31.